The first-order chi connectivity index (χ1) is 9.99. The van der Waals surface area contributed by atoms with E-state index in [-0.39, 0.29) is 17.9 Å². The zero-order valence-corrected chi connectivity index (χ0v) is 13.6. The molecule has 4 nitrogen and oxygen atoms in total. The van der Waals surface area contributed by atoms with E-state index in [1.807, 2.05) is 13.0 Å². The van der Waals surface area contributed by atoms with E-state index in [0.717, 1.165) is 32.1 Å². The summed E-state index contributed by atoms with van der Waals surface area (Å²) in [6.45, 7) is 4.11. The van der Waals surface area contributed by atoms with Crippen molar-refractivity contribution in [1.82, 2.24) is 0 Å². The van der Waals surface area contributed by atoms with E-state index in [0.29, 0.717) is 6.42 Å². The van der Waals surface area contributed by atoms with Gasteiger partial charge in [-0.05, 0) is 25.7 Å². The van der Waals surface area contributed by atoms with Gasteiger partial charge in [-0.2, -0.15) is 0 Å². The largest absolute Gasteiger partial charge is 0.393 e. The van der Waals surface area contributed by atoms with Crippen molar-refractivity contribution in [1.29, 1.82) is 0 Å². The summed E-state index contributed by atoms with van der Waals surface area (Å²) in [5.74, 6) is -0.104. The van der Waals surface area contributed by atoms with Crippen molar-refractivity contribution in [2.75, 3.05) is 7.11 Å². The lowest BCUT2D eigenvalue weighted by atomic mass is 9.88. The second-order valence-electron chi connectivity index (χ2n) is 6.34. The van der Waals surface area contributed by atoms with Crippen molar-refractivity contribution >= 4 is 0 Å². The van der Waals surface area contributed by atoms with Crippen LogP contribution in [0.25, 0.3) is 0 Å². The summed E-state index contributed by atoms with van der Waals surface area (Å²) in [6, 6.07) is 0. The molecule has 1 aliphatic carbocycles. The fourth-order valence-electron chi connectivity index (χ4n) is 3.14. The molecule has 0 saturated heterocycles. The van der Waals surface area contributed by atoms with E-state index >= 15 is 0 Å². The zero-order valence-electron chi connectivity index (χ0n) is 13.6. The molecule has 1 rings (SSSR count). The normalized spacial score (nSPS) is 32.7. The molecule has 0 heterocycles. The van der Waals surface area contributed by atoms with Crippen molar-refractivity contribution in [3.63, 3.8) is 0 Å². The summed E-state index contributed by atoms with van der Waals surface area (Å²) >= 11 is 0. The number of unbranched alkanes of at least 4 members (excludes halogenated alkanes) is 2. The van der Waals surface area contributed by atoms with Crippen LogP contribution in [-0.4, -0.2) is 46.8 Å². The molecule has 1 unspecified atom stereocenters. The monoisotopic (exact) mass is 300 g/mol. The third kappa shape index (κ3) is 6.07. The van der Waals surface area contributed by atoms with Gasteiger partial charge in [-0.3, -0.25) is 0 Å². The van der Waals surface area contributed by atoms with E-state index in [9.17, 15) is 15.3 Å². The van der Waals surface area contributed by atoms with Crippen molar-refractivity contribution in [2.24, 2.45) is 11.8 Å². The molecule has 124 valence electrons. The van der Waals surface area contributed by atoms with E-state index < -0.39 is 18.3 Å². The Balaban J connectivity index is 2.55. The molecule has 0 aliphatic heterocycles. The van der Waals surface area contributed by atoms with Gasteiger partial charge in [0.25, 0.3) is 0 Å². The Bertz CT molecular complexity index is 305. The van der Waals surface area contributed by atoms with E-state index in [4.69, 9.17) is 4.74 Å². The highest BCUT2D eigenvalue weighted by atomic mass is 16.5. The fraction of sp³-hybridized carbons (Fsp3) is 0.882. The van der Waals surface area contributed by atoms with Crippen molar-refractivity contribution in [3.8, 4) is 0 Å². The van der Waals surface area contributed by atoms with Gasteiger partial charge in [0.15, 0.2) is 0 Å². The zero-order chi connectivity index (χ0) is 15.8. The molecular weight excluding hydrogens is 268 g/mol. The molecule has 4 heteroatoms. The molecule has 0 aromatic heterocycles. The number of rotatable bonds is 9. The molecule has 0 aromatic carbocycles. The van der Waals surface area contributed by atoms with E-state index in [2.05, 4.69) is 6.92 Å². The summed E-state index contributed by atoms with van der Waals surface area (Å²) in [6.07, 6.45) is 7.41. The van der Waals surface area contributed by atoms with Gasteiger partial charge < -0.3 is 20.1 Å². The van der Waals surface area contributed by atoms with Gasteiger partial charge in [0, 0.05) is 19.4 Å². The van der Waals surface area contributed by atoms with Gasteiger partial charge in [0.05, 0.1) is 24.4 Å². The maximum atomic E-state index is 10.1. The molecule has 6 atom stereocenters. The molecule has 0 bridgehead atoms. The minimum Gasteiger partial charge on any atom is -0.393 e. The van der Waals surface area contributed by atoms with Crippen LogP contribution >= 0.6 is 0 Å². The quantitative estimate of drug-likeness (QED) is 0.451. The summed E-state index contributed by atoms with van der Waals surface area (Å²) in [5.41, 5.74) is 0. The highest BCUT2D eigenvalue weighted by Crippen LogP contribution is 2.37. The third-order valence-corrected chi connectivity index (χ3v) is 4.58. The minimum absolute atomic E-state index is 0.00552. The molecular formula is C17H32O4. The average molecular weight is 300 g/mol. The first-order valence-corrected chi connectivity index (χ1v) is 8.24. The van der Waals surface area contributed by atoms with Crippen LogP contribution < -0.4 is 0 Å². The second kappa shape index (κ2) is 9.57. The van der Waals surface area contributed by atoms with Crippen molar-refractivity contribution in [3.05, 3.63) is 12.2 Å². The number of hydrogen-bond acceptors (Lipinski definition) is 4. The highest BCUT2D eigenvalue weighted by Gasteiger charge is 2.40. The standard InChI is InChI=1S/C17H32O4/c1-4-5-6-7-13(18)8-9-14-15(10-12(2)21-3)17(20)11-16(14)19/h8-9,12-20H,4-7,10-11H2,1-3H3/b9-8+/t12?,13-,14+,15+,16+,17-/m0/s1. The second-order valence-corrected chi connectivity index (χ2v) is 6.34. The molecule has 0 radical (unpaired) electrons. The lowest BCUT2D eigenvalue weighted by Crippen LogP contribution is -2.25. The Labute approximate surface area is 128 Å². The third-order valence-electron chi connectivity index (χ3n) is 4.58. The van der Waals surface area contributed by atoms with Gasteiger partial charge in [-0.15, -0.1) is 0 Å². The minimum atomic E-state index is -0.534. The highest BCUT2D eigenvalue weighted by molar-refractivity contribution is 5.04. The smallest absolute Gasteiger partial charge is 0.0721 e. The SMILES string of the molecule is CCCCC[C@H](O)/C=C/[C@@H]1[C@@H](CC(C)OC)[C@@H](O)C[C@H]1O. The van der Waals surface area contributed by atoms with Crippen LogP contribution in [0.1, 0.15) is 52.4 Å². The first kappa shape index (κ1) is 18.6. The summed E-state index contributed by atoms with van der Waals surface area (Å²) in [7, 11) is 1.66. The number of methoxy groups -OCH3 is 1. The van der Waals surface area contributed by atoms with Crippen LogP contribution in [0.2, 0.25) is 0 Å². The molecule has 0 aromatic rings. The van der Waals surface area contributed by atoms with Gasteiger partial charge in [-0.25, -0.2) is 0 Å². The Hall–Kier alpha value is -0.420. The van der Waals surface area contributed by atoms with Gasteiger partial charge in [-0.1, -0.05) is 38.3 Å². The summed E-state index contributed by atoms with van der Waals surface area (Å²) in [5, 5.41) is 30.2. The molecule has 1 saturated carbocycles. The topological polar surface area (TPSA) is 69.9 Å². The van der Waals surface area contributed by atoms with E-state index in [1.165, 1.54) is 0 Å². The van der Waals surface area contributed by atoms with Gasteiger partial charge >= 0.3 is 0 Å². The van der Waals surface area contributed by atoms with Crippen molar-refractivity contribution in [2.45, 2.75) is 76.8 Å². The Morgan fingerprint density at radius 2 is 1.95 bits per heavy atom. The molecule has 0 spiro atoms. The number of aliphatic hydroxyl groups is 3. The number of aliphatic hydroxyl groups excluding tert-OH is 3. The lowest BCUT2D eigenvalue weighted by molar-refractivity contribution is 0.0510. The number of hydrogen-bond donors (Lipinski definition) is 3. The van der Waals surface area contributed by atoms with E-state index in [1.54, 1.807) is 13.2 Å². The number of ether oxygens (including phenoxy) is 1. The van der Waals surface area contributed by atoms with Crippen molar-refractivity contribution < 1.29 is 20.1 Å². The lowest BCUT2D eigenvalue weighted by Gasteiger charge is -2.23. The Morgan fingerprint density at radius 3 is 2.57 bits per heavy atom. The summed E-state index contributed by atoms with van der Waals surface area (Å²) in [4.78, 5) is 0. The predicted octanol–water partition coefficient (Wildman–Crippen LogP) is 2.27. The van der Waals surface area contributed by atoms with Gasteiger partial charge in [0.2, 0.25) is 0 Å². The molecule has 1 aliphatic rings. The van der Waals surface area contributed by atoms with Crippen LogP contribution in [0, 0.1) is 11.8 Å². The predicted molar refractivity (Wildman–Crippen MR) is 84.0 cm³/mol. The molecule has 0 amide bonds. The molecule has 21 heavy (non-hydrogen) atoms. The van der Waals surface area contributed by atoms with Crippen LogP contribution in [0.5, 0.6) is 0 Å². The van der Waals surface area contributed by atoms with Crippen LogP contribution in [0.3, 0.4) is 0 Å². The van der Waals surface area contributed by atoms with Gasteiger partial charge in [0.1, 0.15) is 0 Å². The summed E-state index contributed by atoms with van der Waals surface area (Å²) < 4.78 is 5.27. The Kier molecular flexibility index (Phi) is 8.49. The van der Waals surface area contributed by atoms with Crippen LogP contribution in [0.4, 0.5) is 0 Å². The molecule has 1 fully saturated rings. The molecule has 3 N–H and O–H groups in total. The maximum Gasteiger partial charge on any atom is 0.0721 e. The first-order valence-electron chi connectivity index (χ1n) is 8.24. The van der Waals surface area contributed by atoms with Crippen LogP contribution in [-0.2, 0) is 4.74 Å². The van der Waals surface area contributed by atoms with Crippen LogP contribution in [0.15, 0.2) is 12.2 Å². The average Bonchev–Trinajstić information content (AvgIpc) is 2.71. The fourth-order valence-corrected chi connectivity index (χ4v) is 3.14. The maximum absolute atomic E-state index is 10.1. The Morgan fingerprint density at radius 1 is 1.24 bits per heavy atom.